The molecule has 1 fully saturated rings. The summed E-state index contributed by atoms with van der Waals surface area (Å²) in [5, 5.41) is 11.7. The number of hydrogen-bond donors (Lipinski definition) is 2. The van der Waals surface area contributed by atoms with E-state index in [1.165, 1.54) is 4.90 Å². The van der Waals surface area contributed by atoms with Crippen LogP contribution in [0.25, 0.3) is 10.9 Å². The summed E-state index contributed by atoms with van der Waals surface area (Å²) < 4.78 is 5.43. The Morgan fingerprint density at radius 3 is 2.67 bits per heavy atom. The Morgan fingerprint density at radius 2 is 1.94 bits per heavy atom. The molecule has 2 N–H and O–H groups in total. The Labute approximate surface area is 191 Å². The second-order valence-electron chi connectivity index (χ2n) is 8.20. The van der Waals surface area contributed by atoms with Crippen LogP contribution < -0.4 is 4.90 Å². The number of rotatable bonds is 5. The van der Waals surface area contributed by atoms with Gasteiger partial charge in [-0.25, -0.2) is 9.79 Å². The van der Waals surface area contributed by atoms with Gasteiger partial charge in [0.15, 0.2) is 5.88 Å². The molecular weight excluding hydrogens is 416 g/mol. The largest absolute Gasteiger partial charge is 0.494 e. The van der Waals surface area contributed by atoms with Gasteiger partial charge >= 0.3 is 6.09 Å². The Hall–Kier alpha value is -4.13. The van der Waals surface area contributed by atoms with E-state index in [2.05, 4.69) is 9.97 Å². The molecule has 5 rings (SSSR count). The number of anilines is 1. The lowest BCUT2D eigenvalue weighted by Crippen LogP contribution is -2.27. The van der Waals surface area contributed by atoms with E-state index < -0.39 is 0 Å². The van der Waals surface area contributed by atoms with Gasteiger partial charge in [-0.05, 0) is 50.1 Å². The third-order valence-electron chi connectivity index (χ3n) is 5.62. The molecule has 7 heteroatoms. The molecule has 0 unspecified atom stereocenters. The number of aromatic hydroxyl groups is 1. The summed E-state index contributed by atoms with van der Waals surface area (Å²) in [5.41, 5.74) is 5.03. The molecule has 33 heavy (non-hydrogen) atoms. The number of aliphatic imine (C=N–C) groups is 1. The average molecular weight is 441 g/mol. The lowest BCUT2D eigenvalue weighted by molar-refractivity contribution is 0.148. The lowest BCUT2D eigenvalue weighted by Gasteiger charge is -2.17. The SMILES string of the molecule is Cc1cc(N=C(c2ccccc2)c2c(O)[nH]c3ccc(N(C)C(=O)OC4CC4)cc23)ccn1. The molecule has 0 spiro atoms. The van der Waals surface area contributed by atoms with Crippen molar-refractivity contribution < 1.29 is 14.6 Å². The number of aromatic amines is 1. The molecule has 2 heterocycles. The summed E-state index contributed by atoms with van der Waals surface area (Å²) in [6, 6.07) is 19.0. The van der Waals surface area contributed by atoms with Gasteiger partial charge in [0, 0.05) is 41.1 Å². The summed E-state index contributed by atoms with van der Waals surface area (Å²) in [6.07, 6.45) is 3.18. The first-order chi connectivity index (χ1) is 16.0. The van der Waals surface area contributed by atoms with Crippen molar-refractivity contribution in [1.82, 2.24) is 9.97 Å². The minimum Gasteiger partial charge on any atom is -0.494 e. The number of nitrogens with one attached hydrogen (secondary N) is 1. The molecule has 4 aromatic rings. The minimum absolute atomic E-state index is 0.0127. The van der Waals surface area contributed by atoms with Crippen LogP contribution >= 0.6 is 0 Å². The number of aromatic nitrogens is 2. The minimum atomic E-state index is -0.387. The maximum Gasteiger partial charge on any atom is 0.414 e. The zero-order chi connectivity index (χ0) is 22.9. The van der Waals surface area contributed by atoms with Gasteiger partial charge in [-0.3, -0.25) is 9.88 Å². The smallest absolute Gasteiger partial charge is 0.414 e. The molecule has 0 bridgehead atoms. The van der Waals surface area contributed by atoms with E-state index >= 15 is 0 Å². The van der Waals surface area contributed by atoms with Crippen LogP contribution in [-0.2, 0) is 4.74 Å². The molecule has 1 amide bonds. The molecule has 2 aromatic carbocycles. The zero-order valence-corrected chi connectivity index (χ0v) is 18.4. The van der Waals surface area contributed by atoms with Crippen molar-refractivity contribution in [2.24, 2.45) is 4.99 Å². The van der Waals surface area contributed by atoms with E-state index in [4.69, 9.17) is 9.73 Å². The third kappa shape index (κ3) is 4.30. The van der Waals surface area contributed by atoms with E-state index in [1.54, 1.807) is 13.2 Å². The Morgan fingerprint density at radius 1 is 1.15 bits per heavy atom. The average Bonchev–Trinajstić information content (AvgIpc) is 3.57. The highest BCUT2D eigenvalue weighted by Gasteiger charge is 2.28. The van der Waals surface area contributed by atoms with Crippen molar-refractivity contribution in [3.8, 4) is 5.88 Å². The molecular formula is C26H24N4O3. The number of aryl methyl sites for hydroxylation is 1. The summed E-state index contributed by atoms with van der Waals surface area (Å²) >= 11 is 0. The molecule has 7 nitrogen and oxygen atoms in total. The van der Waals surface area contributed by atoms with Gasteiger partial charge in [0.05, 0.1) is 17.0 Å². The molecule has 1 aliphatic rings. The second kappa shape index (κ2) is 8.43. The van der Waals surface area contributed by atoms with Crippen LogP contribution in [0.2, 0.25) is 0 Å². The van der Waals surface area contributed by atoms with Crippen LogP contribution in [0.5, 0.6) is 5.88 Å². The quantitative estimate of drug-likeness (QED) is 0.402. The Balaban J connectivity index is 1.64. The van der Waals surface area contributed by atoms with Crippen LogP contribution in [0.15, 0.2) is 71.9 Å². The maximum absolute atomic E-state index is 12.5. The normalized spacial score (nSPS) is 13.8. The van der Waals surface area contributed by atoms with Gasteiger partial charge in [-0.15, -0.1) is 0 Å². The number of fused-ring (bicyclic) bond motifs is 1. The van der Waals surface area contributed by atoms with E-state index in [1.807, 2.05) is 67.6 Å². The van der Waals surface area contributed by atoms with Crippen molar-refractivity contribution in [2.45, 2.75) is 25.9 Å². The maximum atomic E-state index is 12.5. The molecule has 0 saturated heterocycles. The van der Waals surface area contributed by atoms with Crippen molar-refractivity contribution >= 4 is 34.1 Å². The summed E-state index contributed by atoms with van der Waals surface area (Å²) in [7, 11) is 1.68. The third-order valence-corrected chi connectivity index (χ3v) is 5.62. The predicted octanol–water partition coefficient (Wildman–Crippen LogP) is 5.48. The number of amides is 1. The van der Waals surface area contributed by atoms with E-state index in [0.29, 0.717) is 17.0 Å². The highest BCUT2D eigenvalue weighted by molar-refractivity contribution is 6.22. The predicted molar refractivity (Wildman–Crippen MR) is 129 cm³/mol. The number of H-pyrrole nitrogens is 1. The monoisotopic (exact) mass is 440 g/mol. The van der Waals surface area contributed by atoms with Crippen LogP contribution in [0.3, 0.4) is 0 Å². The highest BCUT2D eigenvalue weighted by atomic mass is 16.6. The fraction of sp³-hybridized carbons (Fsp3) is 0.192. The van der Waals surface area contributed by atoms with E-state index in [9.17, 15) is 9.90 Å². The van der Waals surface area contributed by atoms with E-state index in [0.717, 1.165) is 40.7 Å². The first kappa shape index (κ1) is 20.8. The number of carbonyl (C=O) groups excluding carboxylic acids is 1. The van der Waals surface area contributed by atoms with Crippen LogP contribution in [0.1, 0.15) is 29.7 Å². The molecule has 1 saturated carbocycles. The van der Waals surface area contributed by atoms with Gasteiger partial charge in [0.25, 0.3) is 0 Å². The van der Waals surface area contributed by atoms with Crippen molar-refractivity contribution in [1.29, 1.82) is 0 Å². The summed E-state index contributed by atoms with van der Waals surface area (Å²) in [5.74, 6) is 0.0127. The number of ether oxygens (including phenoxy) is 1. The molecule has 166 valence electrons. The highest BCUT2D eigenvalue weighted by Crippen LogP contribution is 2.34. The van der Waals surface area contributed by atoms with Crippen LogP contribution in [0.4, 0.5) is 16.2 Å². The standard InChI is InChI=1S/C26H24N4O3/c1-16-14-18(12-13-27-16)28-24(17-6-4-3-5-7-17)23-21-15-19(8-11-22(21)29-25(23)31)30(2)26(32)33-20-9-10-20/h3-8,11-15,20,29,31H,9-10H2,1-2H3. The van der Waals surface area contributed by atoms with Crippen molar-refractivity contribution in [3.05, 3.63) is 83.7 Å². The topological polar surface area (TPSA) is 90.8 Å². The fourth-order valence-corrected chi connectivity index (χ4v) is 3.72. The first-order valence-electron chi connectivity index (χ1n) is 10.9. The number of pyridine rings is 1. The molecule has 0 radical (unpaired) electrons. The van der Waals surface area contributed by atoms with Crippen molar-refractivity contribution in [3.63, 3.8) is 0 Å². The number of nitrogens with zero attached hydrogens (tertiary/aromatic N) is 3. The number of hydrogen-bond acceptors (Lipinski definition) is 5. The van der Waals surface area contributed by atoms with Gasteiger partial charge in [0.1, 0.15) is 6.10 Å². The first-order valence-corrected chi connectivity index (χ1v) is 10.9. The number of benzene rings is 2. The second-order valence-corrected chi connectivity index (χ2v) is 8.20. The lowest BCUT2D eigenvalue weighted by atomic mass is 10.0. The van der Waals surface area contributed by atoms with Crippen LogP contribution in [-0.4, -0.2) is 40.0 Å². The van der Waals surface area contributed by atoms with Gasteiger partial charge in [-0.1, -0.05) is 30.3 Å². The molecule has 0 aliphatic heterocycles. The van der Waals surface area contributed by atoms with Gasteiger partial charge in [0.2, 0.25) is 0 Å². The van der Waals surface area contributed by atoms with Crippen molar-refractivity contribution in [2.75, 3.05) is 11.9 Å². The number of carbonyl (C=O) groups is 1. The summed E-state index contributed by atoms with van der Waals surface area (Å²) in [4.78, 5) is 26.1. The Kier molecular flexibility index (Phi) is 5.30. The fourth-order valence-electron chi connectivity index (χ4n) is 3.72. The Bertz CT molecular complexity index is 1360. The molecule has 1 aliphatic carbocycles. The molecule has 2 aromatic heterocycles. The van der Waals surface area contributed by atoms with E-state index in [-0.39, 0.29) is 18.1 Å². The zero-order valence-electron chi connectivity index (χ0n) is 18.4. The molecule has 0 atom stereocenters. The van der Waals surface area contributed by atoms with Gasteiger partial charge < -0.3 is 14.8 Å². The van der Waals surface area contributed by atoms with Crippen LogP contribution in [0, 0.1) is 6.92 Å². The van der Waals surface area contributed by atoms with Gasteiger partial charge in [-0.2, -0.15) is 0 Å². The summed E-state index contributed by atoms with van der Waals surface area (Å²) in [6.45, 7) is 1.91.